The molecule has 3 nitrogen and oxygen atoms in total. The molecule has 18 heavy (non-hydrogen) atoms. The third-order valence-electron chi connectivity index (χ3n) is 2.62. The van der Waals surface area contributed by atoms with E-state index in [9.17, 15) is 0 Å². The predicted molar refractivity (Wildman–Crippen MR) is 75.3 cm³/mol. The van der Waals surface area contributed by atoms with E-state index in [2.05, 4.69) is 20.9 Å². The van der Waals surface area contributed by atoms with E-state index in [1.54, 1.807) is 0 Å². The molecule has 0 saturated heterocycles. The molecule has 0 aliphatic rings. The molecule has 0 bridgehead atoms. The molecular formula is C14H15BrN2O. The maximum atomic E-state index is 5.75. The number of nitrogens with zero attached hydrogens (tertiary/aromatic N) is 1. The molecule has 0 aliphatic carbocycles. The third kappa shape index (κ3) is 3.09. The monoisotopic (exact) mass is 306 g/mol. The zero-order valence-corrected chi connectivity index (χ0v) is 11.8. The van der Waals surface area contributed by atoms with Crippen molar-refractivity contribution < 1.29 is 4.74 Å². The van der Waals surface area contributed by atoms with Crippen molar-refractivity contribution in [1.29, 1.82) is 0 Å². The van der Waals surface area contributed by atoms with E-state index >= 15 is 0 Å². The first kappa shape index (κ1) is 13.1. The Morgan fingerprint density at radius 2 is 1.94 bits per heavy atom. The van der Waals surface area contributed by atoms with Crippen LogP contribution in [0.5, 0.6) is 5.88 Å². The first-order valence-electron chi connectivity index (χ1n) is 5.73. The summed E-state index contributed by atoms with van der Waals surface area (Å²) in [6.45, 7) is 2.84. The third-order valence-corrected chi connectivity index (χ3v) is 3.39. The van der Waals surface area contributed by atoms with Crippen molar-refractivity contribution in [2.75, 3.05) is 0 Å². The van der Waals surface area contributed by atoms with E-state index in [-0.39, 0.29) is 0 Å². The molecule has 0 fully saturated rings. The molecule has 0 spiro atoms. The minimum Gasteiger partial charge on any atom is -0.473 e. The Morgan fingerprint density at radius 3 is 2.67 bits per heavy atom. The fraction of sp³-hybridized carbons (Fsp3) is 0.214. The quantitative estimate of drug-likeness (QED) is 0.943. The number of halogens is 1. The highest BCUT2D eigenvalue weighted by Gasteiger charge is 2.06. The summed E-state index contributed by atoms with van der Waals surface area (Å²) < 4.78 is 6.79. The molecule has 1 aromatic heterocycles. The molecule has 2 rings (SSSR count). The molecule has 0 atom stereocenters. The highest BCUT2D eigenvalue weighted by molar-refractivity contribution is 9.10. The Balaban J connectivity index is 2.15. The van der Waals surface area contributed by atoms with Crippen LogP contribution in [0.15, 0.2) is 40.9 Å². The van der Waals surface area contributed by atoms with Crippen LogP contribution in [0.3, 0.4) is 0 Å². The molecule has 0 saturated carbocycles. The van der Waals surface area contributed by atoms with Gasteiger partial charge in [-0.05, 0) is 19.1 Å². The zero-order valence-electron chi connectivity index (χ0n) is 10.2. The van der Waals surface area contributed by atoms with Gasteiger partial charge < -0.3 is 10.5 Å². The summed E-state index contributed by atoms with van der Waals surface area (Å²) in [6, 6.07) is 11.9. The Morgan fingerprint density at radius 1 is 1.17 bits per heavy atom. The normalized spacial score (nSPS) is 10.4. The number of aryl methyl sites for hydroxylation is 1. The summed E-state index contributed by atoms with van der Waals surface area (Å²) in [6.07, 6.45) is 0. The maximum Gasteiger partial charge on any atom is 0.218 e. The lowest BCUT2D eigenvalue weighted by atomic mass is 10.2. The summed E-state index contributed by atoms with van der Waals surface area (Å²) in [7, 11) is 0. The average molecular weight is 307 g/mol. The predicted octanol–water partition coefficient (Wildman–Crippen LogP) is 3.19. The van der Waals surface area contributed by atoms with Crippen LogP contribution >= 0.6 is 15.9 Å². The lowest BCUT2D eigenvalue weighted by Crippen LogP contribution is -2.05. The summed E-state index contributed by atoms with van der Waals surface area (Å²) >= 11 is 3.49. The lowest BCUT2D eigenvalue weighted by Gasteiger charge is -2.11. The Bertz CT molecular complexity index is 543. The molecule has 2 aromatic rings. The van der Waals surface area contributed by atoms with Gasteiger partial charge in [-0.25, -0.2) is 4.98 Å². The molecule has 1 aromatic carbocycles. The van der Waals surface area contributed by atoms with Crippen LogP contribution in [0.2, 0.25) is 0 Å². The summed E-state index contributed by atoms with van der Waals surface area (Å²) in [5, 5.41) is 0. The van der Waals surface area contributed by atoms with Crippen LogP contribution in [-0.2, 0) is 13.2 Å². The van der Waals surface area contributed by atoms with Crippen molar-refractivity contribution in [2.45, 2.75) is 20.1 Å². The minimum atomic E-state index is 0.429. The second-order valence-corrected chi connectivity index (χ2v) is 4.86. The van der Waals surface area contributed by atoms with Crippen LogP contribution in [-0.4, -0.2) is 4.98 Å². The van der Waals surface area contributed by atoms with Gasteiger partial charge in [-0.1, -0.05) is 40.2 Å². The highest BCUT2D eigenvalue weighted by Crippen LogP contribution is 2.20. The standard InChI is InChI=1S/C14H15BrN2O/c1-10-6-7-11(8-16)14(17-10)18-9-12-4-2-3-5-13(12)15/h2-7H,8-9,16H2,1H3. The van der Waals surface area contributed by atoms with E-state index in [4.69, 9.17) is 10.5 Å². The number of pyridine rings is 1. The number of rotatable bonds is 4. The fourth-order valence-electron chi connectivity index (χ4n) is 1.60. The maximum absolute atomic E-state index is 5.75. The Hall–Kier alpha value is -1.39. The number of aromatic nitrogens is 1. The molecular weight excluding hydrogens is 292 g/mol. The number of hydrogen-bond donors (Lipinski definition) is 1. The average Bonchev–Trinajstić information content (AvgIpc) is 2.38. The van der Waals surface area contributed by atoms with Crippen molar-refractivity contribution in [3.05, 3.63) is 57.7 Å². The van der Waals surface area contributed by atoms with E-state index in [0.717, 1.165) is 21.3 Å². The molecule has 4 heteroatoms. The van der Waals surface area contributed by atoms with Gasteiger partial charge in [0.25, 0.3) is 0 Å². The Kier molecular flexibility index (Phi) is 4.33. The van der Waals surface area contributed by atoms with Crippen molar-refractivity contribution in [3.8, 4) is 5.88 Å². The smallest absolute Gasteiger partial charge is 0.218 e. The van der Waals surface area contributed by atoms with Gasteiger partial charge >= 0.3 is 0 Å². The van der Waals surface area contributed by atoms with Gasteiger partial charge in [0.15, 0.2) is 0 Å². The minimum absolute atomic E-state index is 0.429. The second kappa shape index (κ2) is 5.98. The van der Waals surface area contributed by atoms with Gasteiger partial charge in [-0.3, -0.25) is 0 Å². The van der Waals surface area contributed by atoms with Crippen molar-refractivity contribution in [2.24, 2.45) is 5.73 Å². The van der Waals surface area contributed by atoms with Gasteiger partial charge in [0, 0.05) is 27.8 Å². The number of ether oxygens (including phenoxy) is 1. The Labute approximate surface area is 115 Å². The highest BCUT2D eigenvalue weighted by atomic mass is 79.9. The number of benzene rings is 1. The largest absolute Gasteiger partial charge is 0.473 e. The SMILES string of the molecule is Cc1ccc(CN)c(OCc2ccccc2Br)n1. The van der Waals surface area contributed by atoms with E-state index in [1.807, 2.05) is 43.3 Å². The first-order chi connectivity index (χ1) is 8.70. The zero-order chi connectivity index (χ0) is 13.0. The summed E-state index contributed by atoms with van der Waals surface area (Å²) in [4.78, 5) is 4.37. The van der Waals surface area contributed by atoms with Gasteiger partial charge in [0.05, 0.1) is 0 Å². The summed E-state index contributed by atoms with van der Waals surface area (Å²) in [5.74, 6) is 0.619. The van der Waals surface area contributed by atoms with Crippen molar-refractivity contribution in [3.63, 3.8) is 0 Å². The molecule has 1 heterocycles. The number of nitrogens with two attached hydrogens (primary N) is 1. The molecule has 2 N–H and O–H groups in total. The van der Waals surface area contributed by atoms with E-state index in [0.29, 0.717) is 19.0 Å². The molecule has 94 valence electrons. The topological polar surface area (TPSA) is 48.1 Å². The fourth-order valence-corrected chi connectivity index (χ4v) is 2.00. The molecule has 0 unspecified atom stereocenters. The second-order valence-electron chi connectivity index (χ2n) is 4.00. The van der Waals surface area contributed by atoms with Crippen LogP contribution in [0, 0.1) is 6.92 Å². The van der Waals surface area contributed by atoms with Crippen molar-refractivity contribution in [1.82, 2.24) is 4.98 Å². The van der Waals surface area contributed by atoms with Crippen LogP contribution in [0.25, 0.3) is 0 Å². The van der Waals surface area contributed by atoms with Gasteiger partial charge in [-0.15, -0.1) is 0 Å². The van der Waals surface area contributed by atoms with E-state index < -0.39 is 0 Å². The molecule has 0 aliphatic heterocycles. The van der Waals surface area contributed by atoms with E-state index in [1.165, 1.54) is 0 Å². The lowest BCUT2D eigenvalue weighted by molar-refractivity contribution is 0.289. The number of hydrogen-bond acceptors (Lipinski definition) is 3. The molecule has 0 radical (unpaired) electrons. The molecule has 0 amide bonds. The van der Waals surface area contributed by atoms with Crippen LogP contribution in [0.4, 0.5) is 0 Å². The van der Waals surface area contributed by atoms with Gasteiger partial charge in [0.2, 0.25) is 5.88 Å². The summed E-state index contributed by atoms with van der Waals surface area (Å²) in [5.41, 5.74) is 8.61. The van der Waals surface area contributed by atoms with Crippen molar-refractivity contribution >= 4 is 15.9 Å². The van der Waals surface area contributed by atoms with Gasteiger partial charge in [0.1, 0.15) is 6.61 Å². The van der Waals surface area contributed by atoms with Gasteiger partial charge in [-0.2, -0.15) is 0 Å². The first-order valence-corrected chi connectivity index (χ1v) is 6.53. The van der Waals surface area contributed by atoms with Crippen LogP contribution < -0.4 is 10.5 Å². The van der Waals surface area contributed by atoms with Crippen LogP contribution in [0.1, 0.15) is 16.8 Å².